The Morgan fingerprint density at radius 1 is 1.13 bits per heavy atom. The Morgan fingerprint density at radius 3 is 2.27 bits per heavy atom. The van der Waals surface area contributed by atoms with Crippen LogP contribution in [0.5, 0.6) is 0 Å². The number of piperidine rings is 1. The van der Waals surface area contributed by atoms with Gasteiger partial charge < -0.3 is 30.3 Å². The molecule has 1 aliphatic heterocycles. The number of benzene rings is 1. The minimum atomic E-state index is -0.983. The zero-order chi connectivity index (χ0) is 22.7. The Balaban J connectivity index is 0.000000485. The number of carbonyl (C=O) groups is 3. The molecule has 0 radical (unpaired) electrons. The van der Waals surface area contributed by atoms with E-state index in [-0.39, 0.29) is 5.56 Å². The summed E-state index contributed by atoms with van der Waals surface area (Å²) in [5.41, 5.74) is -0.0534. The lowest BCUT2D eigenvalue weighted by molar-refractivity contribution is -0.135. The van der Waals surface area contributed by atoms with Gasteiger partial charge >= 0.3 is 5.97 Å². The third-order valence-electron chi connectivity index (χ3n) is 4.03. The van der Waals surface area contributed by atoms with E-state index < -0.39 is 23.5 Å². The number of nitrogens with zero attached hydrogens (tertiary/aromatic N) is 2. The Morgan fingerprint density at radius 2 is 1.73 bits per heavy atom. The number of β-amino-alcohol motifs (C(OH)–C–C–N with tert-alkyl or cyclic N) is 1. The minimum Gasteiger partial charge on any atom is -0.481 e. The fraction of sp³-hybridized carbons (Fsp3) is 0.400. The molecule has 164 valence electrons. The van der Waals surface area contributed by atoms with Gasteiger partial charge in [-0.2, -0.15) is 0 Å². The van der Waals surface area contributed by atoms with Crippen molar-refractivity contribution in [2.45, 2.75) is 38.8 Å². The lowest BCUT2D eigenvalue weighted by atomic mass is 9.94. The van der Waals surface area contributed by atoms with Crippen LogP contribution in [-0.4, -0.2) is 66.6 Å². The SMILES string of the molecule is CC(=O)O.CC(=O)O.O=C(O)c1ccccc1-c1nccn1CC1(O)CCCNC1. The number of carboxylic acids is 3. The third kappa shape index (κ3) is 8.41. The van der Waals surface area contributed by atoms with Gasteiger partial charge in [0, 0.05) is 38.3 Å². The molecule has 1 aromatic carbocycles. The normalized spacial score (nSPS) is 17.6. The van der Waals surface area contributed by atoms with Crippen molar-refractivity contribution in [2.24, 2.45) is 0 Å². The van der Waals surface area contributed by atoms with Crippen LogP contribution in [0, 0.1) is 0 Å². The highest BCUT2D eigenvalue weighted by molar-refractivity contribution is 5.95. The molecule has 0 bridgehead atoms. The van der Waals surface area contributed by atoms with E-state index in [9.17, 15) is 15.0 Å². The van der Waals surface area contributed by atoms with Gasteiger partial charge in [-0.05, 0) is 25.5 Å². The van der Waals surface area contributed by atoms with E-state index in [1.165, 1.54) is 0 Å². The summed E-state index contributed by atoms with van der Waals surface area (Å²) in [6.45, 7) is 4.01. The maximum absolute atomic E-state index is 11.4. The van der Waals surface area contributed by atoms with Crippen LogP contribution in [0.3, 0.4) is 0 Å². The standard InChI is InChI=1S/C16H19N3O3.2C2H4O2/c20-15(21)13-5-2-1-4-12(13)14-18-8-9-19(14)11-16(22)6-3-7-17-10-16;2*1-2(3)4/h1-2,4-5,8-9,17,22H,3,6-7,10-11H2,(H,20,21);2*1H3,(H,3,4). The molecule has 0 aliphatic carbocycles. The van der Waals surface area contributed by atoms with E-state index in [1.807, 2.05) is 4.57 Å². The number of aromatic nitrogens is 2. The number of aliphatic hydroxyl groups is 1. The van der Waals surface area contributed by atoms with Crippen LogP contribution in [0.1, 0.15) is 37.0 Å². The average Bonchev–Trinajstić information content (AvgIpc) is 3.08. The highest BCUT2D eigenvalue weighted by atomic mass is 16.4. The third-order valence-corrected chi connectivity index (χ3v) is 4.03. The Hall–Kier alpha value is -3.24. The van der Waals surface area contributed by atoms with E-state index in [0.29, 0.717) is 24.5 Å². The topological polar surface area (TPSA) is 162 Å². The van der Waals surface area contributed by atoms with E-state index in [0.717, 1.165) is 33.2 Å². The van der Waals surface area contributed by atoms with Crippen LogP contribution in [-0.2, 0) is 16.1 Å². The van der Waals surface area contributed by atoms with Crippen molar-refractivity contribution in [2.75, 3.05) is 13.1 Å². The summed E-state index contributed by atoms with van der Waals surface area (Å²) < 4.78 is 1.83. The highest BCUT2D eigenvalue weighted by Crippen LogP contribution is 2.25. The molecule has 5 N–H and O–H groups in total. The second-order valence-corrected chi connectivity index (χ2v) is 6.77. The number of imidazole rings is 1. The van der Waals surface area contributed by atoms with E-state index in [4.69, 9.17) is 19.8 Å². The van der Waals surface area contributed by atoms with Crippen LogP contribution < -0.4 is 5.32 Å². The summed E-state index contributed by atoms with van der Waals surface area (Å²) in [5.74, 6) is -2.08. The summed E-state index contributed by atoms with van der Waals surface area (Å²) in [7, 11) is 0. The molecule has 0 amide bonds. The number of rotatable bonds is 4. The number of nitrogens with one attached hydrogen (secondary N) is 1. The predicted molar refractivity (Wildman–Crippen MR) is 108 cm³/mol. The molecule has 1 aromatic heterocycles. The van der Waals surface area contributed by atoms with Crippen LogP contribution in [0.4, 0.5) is 0 Å². The second kappa shape index (κ2) is 11.7. The average molecular weight is 421 g/mol. The number of hydrogen-bond donors (Lipinski definition) is 5. The van der Waals surface area contributed by atoms with Gasteiger partial charge in [0.05, 0.1) is 17.7 Å². The van der Waals surface area contributed by atoms with Crippen molar-refractivity contribution in [1.82, 2.24) is 14.9 Å². The van der Waals surface area contributed by atoms with Gasteiger partial charge in [-0.1, -0.05) is 18.2 Å². The molecule has 1 saturated heterocycles. The fourth-order valence-electron chi connectivity index (χ4n) is 2.95. The molecular formula is C20H27N3O7. The molecule has 2 aromatic rings. The van der Waals surface area contributed by atoms with E-state index in [1.54, 1.807) is 36.7 Å². The molecule has 1 aliphatic rings. The molecule has 1 unspecified atom stereocenters. The summed E-state index contributed by atoms with van der Waals surface area (Å²) in [5, 5.41) is 38.0. The van der Waals surface area contributed by atoms with E-state index >= 15 is 0 Å². The van der Waals surface area contributed by atoms with Crippen LogP contribution >= 0.6 is 0 Å². The quantitative estimate of drug-likeness (QED) is 0.493. The highest BCUT2D eigenvalue weighted by Gasteiger charge is 2.30. The molecule has 1 fully saturated rings. The van der Waals surface area contributed by atoms with Crippen molar-refractivity contribution >= 4 is 17.9 Å². The number of hydrogen-bond acceptors (Lipinski definition) is 6. The Labute approximate surface area is 173 Å². The van der Waals surface area contributed by atoms with Gasteiger partial charge in [-0.15, -0.1) is 0 Å². The number of aliphatic carboxylic acids is 2. The van der Waals surface area contributed by atoms with Crippen LogP contribution in [0.2, 0.25) is 0 Å². The molecule has 0 spiro atoms. The minimum absolute atomic E-state index is 0.212. The zero-order valence-corrected chi connectivity index (χ0v) is 16.9. The summed E-state index contributed by atoms with van der Waals surface area (Å²) >= 11 is 0. The first-order valence-electron chi connectivity index (χ1n) is 9.22. The first-order chi connectivity index (χ1) is 14.1. The summed E-state index contributed by atoms with van der Waals surface area (Å²) in [6, 6.07) is 6.79. The molecule has 10 nitrogen and oxygen atoms in total. The predicted octanol–water partition coefficient (Wildman–Crippen LogP) is 1.54. The number of carboxylic acid groups (broad SMARTS) is 3. The van der Waals surface area contributed by atoms with Crippen molar-refractivity contribution in [3.05, 3.63) is 42.2 Å². The molecule has 30 heavy (non-hydrogen) atoms. The van der Waals surface area contributed by atoms with Gasteiger partial charge in [0.2, 0.25) is 0 Å². The summed E-state index contributed by atoms with van der Waals surface area (Å²) in [6.07, 6.45) is 5.05. The van der Waals surface area contributed by atoms with Gasteiger partial charge in [0.25, 0.3) is 11.9 Å². The first kappa shape index (κ1) is 24.8. The summed E-state index contributed by atoms with van der Waals surface area (Å²) in [4.78, 5) is 33.7. The van der Waals surface area contributed by atoms with Crippen molar-refractivity contribution in [3.8, 4) is 11.4 Å². The maximum atomic E-state index is 11.4. The number of aromatic carboxylic acids is 1. The molecule has 3 rings (SSSR count). The van der Waals surface area contributed by atoms with Gasteiger partial charge in [0.15, 0.2) is 0 Å². The van der Waals surface area contributed by atoms with Gasteiger partial charge in [-0.3, -0.25) is 9.59 Å². The first-order valence-corrected chi connectivity index (χ1v) is 9.22. The molecule has 10 heteroatoms. The van der Waals surface area contributed by atoms with Crippen molar-refractivity contribution in [3.63, 3.8) is 0 Å². The largest absolute Gasteiger partial charge is 0.481 e. The van der Waals surface area contributed by atoms with Gasteiger partial charge in [0.1, 0.15) is 5.82 Å². The van der Waals surface area contributed by atoms with Crippen molar-refractivity contribution < 1.29 is 34.8 Å². The zero-order valence-electron chi connectivity index (χ0n) is 16.9. The van der Waals surface area contributed by atoms with Gasteiger partial charge in [-0.25, -0.2) is 9.78 Å². The fourth-order valence-corrected chi connectivity index (χ4v) is 2.95. The smallest absolute Gasteiger partial charge is 0.336 e. The lowest BCUT2D eigenvalue weighted by Crippen LogP contribution is -2.48. The monoisotopic (exact) mass is 421 g/mol. The van der Waals surface area contributed by atoms with Crippen LogP contribution in [0.15, 0.2) is 36.7 Å². The molecule has 2 heterocycles. The Bertz CT molecular complexity index is 838. The second-order valence-electron chi connectivity index (χ2n) is 6.77. The van der Waals surface area contributed by atoms with E-state index in [2.05, 4.69) is 10.3 Å². The van der Waals surface area contributed by atoms with Crippen molar-refractivity contribution in [1.29, 1.82) is 0 Å². The molecule has 0 saturated carbocycles. The lowest BCUT2D eigenvalue weighted by Gasteiger charge is -2.33. The van der Waals surface area contributed by atoms with Crippen LogP contribution in [0.25, 0.3) is 11.4 Å². The molecular weight excluding hydrogens is 394 g/mol. The Kier molecular flexibility index (Phi) is 9.66. The molecule has 1 atom stereocenters. The maximum Gasteiger partial charge on any atom is 0.336 e.